The first-order chi connectivity index (χ1) is 8.74. The van der Waals surface area contributed by atoms with Gasteiger partial charge in [-0.2, -0.15) is 9.61 Å². The molecule has 2 unspecified atom stereocenters. The predicted molar refractivity (Wildman–Crippen MR) is 67.4 cm³/mol. The third kappa shape index (κ3) is 1.97. The van der Waals surface area contributed by atoms with E-state index in [2.05, 4.69) is 20.6 Å². The highest BCUT2D eigenvalue weighted by Crippen LogP contribution is 2.23. The van der Waals surface area contributed by atoms with Crippen LogP contribution in [0.4, 0.5) is 5.82 Å². The molecule has 2 atom stereocenters. The van der Waals surface area contributed by atoms with Crippen LogP contribution in [0, 0.1) is 5.92 Å². The number of aromatic amines is 1. The van der Waals surface area contributed by atoms with Crippen LogP contribution in [0.1, 0.15) is 19.3 Å². The van der Waals surface area contributed by atoms with Crippen LogP contribution in [0.3, 0.4) is 0 Å². The number of nitrogens with two attached hydrogens (primary N) is 1. The lowest BCUT2D eigenvalue weighted by molar-refractivity contribution is 0.504. The zero-order valence-corrected chi connectivity index (χ0v) is 9.97. The maximum Gasteiger partial charge on any atom is 0.364 e. The Labute approximate surface area is 103 Å². The van der Waals surface area contributed by atoms with Gasteiger partial charge in [-0.05, 0) is 30.9 Å². The number of nitrogens with zero attached hydrogens (tertiary/aromatic N) is 3. The Balaban J connectivity index is 1.74. The predicted octanol–water partition coefficient (Wildman–Crippen LogP) is -0.0431. The van der Waals surface area contributed by atoms with E-state index in [0.717, 1.165) is 19.4 Å². The van der Waals surface area contributed by atoms with Gasteiger partial charge in [-0.3, -0.25) is 0 Å². The zero-order valence-electron chi connectivity index (χ0n) is 9.97. The van der Waals surface area contributed by atoms with Crippen molar-refractivity contribution in [3.05, 3.63) is 22.6 Å². The van der Waals surface area contributed by atoms with Gasteiger partial charge in [0.15, 0.2) is 5.65 Å². The van der Waals surface area contributed by atoms with E-state index in [1.54, 1.807) is 6.07 Å². The SMILES string of the molecule is NC1CCCC1CNc1ccc2n[nH]c(=O)n2n1. The largest absolute Gasteiger partial charge is 0.368 e. The summed E-state index contributed by atoms with van der Waals surface area (Å²) >= 11 is 0. The molecule has 18 heavy (non-hydrogen) atoms. The molecular formula is C11H16N6O. The van der Waals surface area contributed by atoms with Gasteiger partial charge in [0.2, 0.25) is 0 Å². The Kier molecular flexibility index (Phi) is 2.75. The summed E-state index contributed by atoms with van der Waals surface area (Å²) in [5.74, 6) is 1.16. The molecule has 0 aromatic carbocycles. The molecule has 0 aliphatic heterocycles. The van der Waals surface area contributed by atoms with Crippen LogP contribution in [0.2, 0.25) is 0 Å². The van der Waals surface area contributed by atoms with Crippen molar-refractivity contribution >= 4 is 11.5 Å². The average Bonchev–Trinajstić information content (AvgIpc) is 2.94. The van der Waals surface area contributed by atoms with Gasteiger partial charge in [-0.15, -0.1) is 5.10 Å². The van der Waals surface area contributed by atoms with Crippen LogP contribution < -0.4 is 16.7 Å². The Morgan fingerprint density at radius 2 is 2.39 bits per heavy atom. The summed E-state index contributed by atoms with van der Waals surface area (Å²) < 4.78 is 1.25. The van der Waals surface area contributed by atoms with E-state index in [-0.39, 0.29) is 11.7 Å². The van der Waals surface area contributed by atoms with Gasteiger partial charge in [0.25, 0.3) is 0 Å². The summed E-state index contributed by atoms with van der Waals surface area (Å²) in [7, 11) is 0. The summed E-state index contributed by atoms with van der Waals surface area (Å²) in [5, 5.41) is 13.6. The third-order valence-electron chi connectivity index (χ3n) is 3.54. The van der Waals surface area contributed by atoms with E-state index in [4.69, 9.17) is 5.73 Å². The quantitative estimate of drug-likeness (QED) is 0.707. The van der Waals surface area contributed by atoms with Gasteiger partial charge < -0.3 is 11.1 Å². The van der Waals surface area contributed by atoms with E-state index >= 15 is 0 Å². The maximum absolute atomic E-state index is 11.4. The first kappa shape index (κ1) is 11.2. The highest BCUT2D eigenvalue weighted by Gasteiger charge is 2.23. The van der Waals surface area contributed by atoms with Crippen molar-refractivity contribution < 1.29 is 0 Å². The fourth-order valence-corrected chi connectivity index (χ4v) is 2.45. The van der Waals surface area contributed by atoms with Crippen molar-refractivity contribution in [2.75, 3.05) is 11.9 Å². The molecule has 4 N–H and O–H groups in total. The molecule has 7 heteroatoms. The maximum atomic E-state index is 11.4. The van der Waals surface area contributed by atoms with E-state index < -0.39 is 0 Å². The lowest BCUT2D eigenvalue weighted by Crippen LogP contribution is -2.30. The molecule has 1 fully saturated rings. The molecule has 2 heterocycles. The van der Waals surface area contributed by atoms with Gasteiger partial charge in [-0.25, -0.2) is 9.89 Å². The summed E-state index contributed by atoms with van der Waals surface area (Å²) in [6, 6.07) is 3.84. The number of hydrogen-bond acceptors (Lipinski definition) is 5. The van der Waals surface area contributed by atoms with Crippen LogP contribution in [-0.2, 0) is 0 Å². The van der Waals surface area contributed by atoms with Crippen molar-refractivity contribution in [2.24, 2.45) is 11.7 Å². The van der Waals surface area contributed by atoms with Crippen molar-refractivity contribution in [1.29, 1.82) is 0 Å². The van der Waals surface area contributed by atoms with Crippen molar-refractivity contribution in [3.63, 3.8) is 0 Å². The third-order valence-corrected chi connectivity index (χ3v) is 3.54. The van der Waals surface area contributed by atoms with Crippen molar-refractivity contribution in [3.8, 4) is 0 Å². The second-order valence-electron chi connectivity index (χ2n) is 4.75. The van der Waals surface area contributed by atoms with Gasteiger partial charge in [0.1, 0.15) is 5.82 Å². The van der Waals surface area contributed by atoms with Crippen molar-refractivity contribution in [2.45, 2.75) is 25.3 Å². The molecule has 0 radical (unpaired) electrons. The topological polar surface area (TPSA) is 101 Å². The molecule has 3 rings (SSSR count). The molecule has 2 aromatic heterocycles. The molecule has 0 spiro atoms. The summed E-state index contributed by atoms with van der Waals surface area (Å²) in [6.45, 7) is 0.798. The number of fused-ring (bicyclic) bond motifs is 1. The van der Waals surface area contributed by atoms with Gasteiger partial charge in [0.05, 0.1) is 0 Å². The van der Waals surface area contributed by atoms with Crippen LogP contribution in [-0.4, -0.2) is 32.4 Å². The Bertz CT molecular complexity index is 603. The monoisotopic (exact) mass is 248 g/mol. The highest BCUT2D eigenvalue weighted by molar-refractivity contribution is 5.42. The first-order valence-electron chi connectivity index (χ1n) is 6.18. The second-order valence-corrected chi connectivity index (χ2v) is 4.75. The Hall–Kier alpha value is -1.89. The van der Waals surface area contributed by atoms with E-state index in [0.29, 0.717) is 17.4 Å². The minimum atomic E-state index is -0.328. The number of nitrogens with one attached hydrogen (secondary N) is 2. The minimum absolute atomic E-state index is 0.276. The molecule has 96 valence electrons. The molecule has 1 aliphatic rings. The van der Waals surface area contributed by atoms with Gasteiger partial charge >= 0.3 is 5.69 Å². The van der Waals surface area contributed by atoms with Crippen LogP contribution >= 0.6 is 0 Å². The summed E-state index contributed by atoms with van der Waals surface area (Å²) in [5.41, 5.74) is 6.20. The minimum Gasteiger partial charge on any atom is -0.368 e. The molecule has 1 aliphatic carbocycles. The molecule has 0 saturated heterocycles. The van der Waals surface area contributed by atoms with E-state index in [1.165, 1.54) is 10.9 Å². The van der Waals surface area contributed by atoms with E-state index in [9.17, 15) is 4.79 Å². The molecule has 1 saturated carbocycles. The number of hydrogen-bond donors (Lipinski definition) is 3. The molecule has 0 bridgehead atoms. The Morgan fingerprint density at radius 1 is 1.50 bits per heavy atom. The Morgan fingerprint density at radius 3 is 3.17 bits per heavy atom. The van der Waals surface area contributed by atoms with Crippen molar-refractivity contribution in [1.82, 2.24) is 19.8 Å². The lowest BCUT2D eigenvalue weighted by Gasteiger charge is -2.15. The average molecular weight is 248 g/mol. The van der Waals surface area contributed by atoms with E-state index in [1.807, 2.05) is 6.07 Å². The lowest BCUT2D eigenvalue weighted by atomic mass is 10.1. The van der Waals surface area contributed by atoms with Gasteiger partial charge in [0, 0.05) is 12.6 Å². The number of anilines is 1. The van der Waals surface area contributed by atoms with Crippen LogP contribution in [0.15, 0.2) is 16.9 Å². The molecule has 0 amide bonds. The fourth-order valence-electron chi connectivity index (χ4n) is 2.45. The number of rotatable bonds is 3. The first-order valence-corrected chi connectivity index (χ1v) is 6.18. The van der Waals surface area contributed by atoms with Crippen LogP contribution in [0.5, 0.6) is 0 Å². The second kappa shape index (κ2) is 4.41. The summed E-state index contributed by atoms with van der Waals surface area (Å²) in [4.78, 5) is 11.4. The number of H-pyrrole nitrogens is 1. The molecular weight excluding hydrogens is 232 g/mol. The zero-order chi connectivity index (χ0) is 12.5. The number of aromatic nitrogens is 4. The molecule has 7 nitrogen and oxygen atoms in total. The standard InChI is InChI=1S/C11H16N6O/c12-8-3-1-2-7(8)6-13-9-4-5-10-14-15-11(18)17(10)16-9/h4-5,7-8H,1-3,6,12H2,(H,13,16)(H,15,18). The highest BCUT2D eigenvalue weighted by atomic mass is 16.2. The smallest absolute Gasteiger partial charge is 0.364 e. The van der Waals surface area contributed by atoms with Gasteiger partial charge in [-0.1, -0.05) is 6.42 Å². The summed E-state index contributed by atoms with van der Waals surface area (Å²) in [6.07, 6.45) is 3.45. The molecule has 2 aromatic rings. The normalized spacial score (nSPS) is 23.6. The fraction of sp³-hybridized carbons (Fsp3) is 0.545. The van der Waals surface area contributed by atoms with Crippen LogP contribution in [0.25, 0.3) is 5.65 Å².